The smallest absolute Gasteiger partial charge is 0.260 e. The van der Waals surface area contributed by atoms with Crippen molar-refractivity contribution in [2.45, 2.75) is 33.3 Å². The lowest BCUT2D eigenvalue weighted by molar-refractivity contribution is 0.0999. The average Bonchev–Trinajstić information content (AvgIpc) is 2.73. The standard InChI is InChI=1S/C15H19N3O2/c1-10-9-13(18-17-10)16-14(19)11-7-5-6-8-12(11)20-15(2,3)4/h5-9H,1-4H3,(H2,16,17,18,19). The fourth-order valence-corrected chi connectivity index (χ4v) is 1.74. The monoisotopic (exact) mass is 273 g/mol. The van der Waals surface area contributed by atoms with Crippen LogP contribution in [0.25, 0.3) is 0 Å². The number of aromatic amines is 1. The Morgan fingerprint density at radius 3 is 2.60 bits per heavy atom. The summed E-state index contributed by atoms with van der Waals surface area (Å²) in [6, 6.07) is 8.94. The zero-order valence-electron chi connectivity index (χ0n) is 12.2. The fraction of sp³-hybridized carbons (Fsp3) is 0.333. The number of ether oxygens (including phenoxy) is 1. The maximum atomic E-state index is 12.3. The van der Waals surface area contributed by atoms with E-state index in [-0.39, 0.29) is 11.5 Å². The van der Waals surface area contributed by atoms with E-state index in [1.807, 2.05) is 33.8 Å². The van der Waals surface area contributed by atoms with Gasteiger partial charge in [-0.05, 0) is 39.8 Å². The molecular formula is C15H19N3O2. The molecule has 1 heterocycles. The SMILES string of the molecule is Cc1cc(NC(=O)c2ccccc2OC(C)(C)C)n[nH]1. The van der Waals surface area contributed by atoms with Crippen molar-refractivity contribution < 1.29 is 9.53 Å². The molecule has 0 fully saturated rings. The molecule has 0 radical (unpaired) electrons. The molecule has 2 aromatic rings. The lowest BCUT2D eigenvalue weighted by Crippen LogP contribution is -2.25. The molecule has 0 saturated heterocycles. The highest BCUT2D eigenvalue weighted by molar-refractivity contribution is 6.05. The second kappa shape index (κ2) is 5.36. The molecule has 20 heavy (non-hydrogen) atoms. The number of carbonyl (C=O) groups excluding carboxylic acids is 1. The van der Waals surface area contributed by atoms with Crippen LogP contribution in [0.15, 0.2) is 30.3 Å². The molecule has 0 unspecified atom stereocenters. The molecule has 0 aliphatic carbocycles. The first-order valence-corrected chi connectivity index (χ1v) is 6.46. The van der Waals surface area contributed by atoms with Gasteiger partial charge in [-0.1, -0.05) is 12.1 Å². The van der Waals surface area contributed by atoms with Crippen molar-refractivity contribution in [3.05, 3.63) is 41.6 Å². The highest BCUT2D eigenvalue weighted by Gasteiger charge is 2.18. The number of nitrogens with one attached hydrogen (secondary N) is 2. The zero-order chi connectivity index (χ0) is 14.8. The third kappa shape index (κ3) is 3.60. The van der Waals surface area contributed by atoms with E-state index in [2.05, 4.69) is 15.5 Å². The molecule has 0 spiro atoms. The van der Waals surface area contributed by atoms with Crippen molar-refractivity contribution in [1.29, 1.82) is 0 Å². The quantitative estimate of drug-likeness (QED) is 0.902. The Hall–Kier alpha value is -2.30. The van der Waals surface area contributed by atoms with Crippen molar-refractivity contribution in [3.8, 4) is 5.75 Å². The van der Waals surface area contributed by atoms with E-state index in [0.717, 1.165) is 5.69 Å². The number of aromatic nitrogens is 2. The van der Waals surface area contributed by atoms with Crippen molar-refractivity contribution in [3.63, 3.8) is 0 Å². The fourth-order valence-electron chi connectivity index (χ4n) is 1.74. The summed E-state index contributed by atoms with van der Waals surface area (Å²) in [5.74, 6) is 0.819. The third-order valence-corrected chi connectivity index (χ3v) is 2.50. The van der Waals surface area contributed by atoms with Gasteiger partial charge in [0.1, 0.15) is 11.4 Å². The van der Waals surface area contributed by atoms with Gasteiger partial charge in [-0.3, -0.25) is 9.89 Å². The second-order valence-electron chi connectivity index (χ2n) is 5.60. The molecule has 0 atom stereocenters. The van der Waals surface area contributed by atoms with E-state index in [4.69, 9.17) is 4.74 Å². The summed E-state index contributed by atoms with van der Waals surface area (Å²) in [4.78, 5) is 12.3. The zero-order valence-corrected chi connectivity index (χ0v) is 12.2. The number of rotatable bonds is 3. The van der Waals surface area contributed by atoms with E-state index >= 15 is 0 Å². The lowest BCUT2D eigenvalue weighted by atomic mass is 10.1. The van der Waals surface area contributed by atoms with E-state index < -0.39 is 0 Å². The van der Waals surface area contributed by atoms with E-state index in [1.165, 1.54) is 0 Å². The second-order valence-corrected chi connectivity index (χ2v) is 5.60. The molecule has 106 valence electrons. The van der Waals surface area contributed by atoms with Gasteiger partial charge in [0.2, 0.25) is 0 Å². The summed E-state index contributed by atoms with van der Waals surface area (Å²) < 4.78 is 5.81. The van der Waals surface area contributed by atoms with E-state index in [0.29, 0.717) is 17.1 Å². The molecular weight excluding hydrogens is 254 g/mol. The van der Waals surface area contributed by atoms with Gasteiger partial charge in [0.15, 0.2) is 5.82 Å². The predicted octanol–water partition coefficient (Wildman–Crippen LogP) is 3.15. The van der Waals surface area contributed by atoms with E-state index in [1.54, 1.807) is 24.3 Å². The first-order chi connectivity index (χ1) is 9.35. The number of H-pyrrole nitrogens is 1. The van der Waals surface area contributed by atoms with Crippen LogP contribution >= 0.6 is 0 Å². The highest BCUT2D eigenvalue weighted by Crippen LogP contribution is 2.23. The summed E-state index contributed by atoms with van der Waals surface area (Å²) in [5, 5.41) is 9.51. The number of para-hydroxylation sites is 1. The molecule has 1 amide bonds. The van der Waals surface area contributed by atoms with Gasteiger partial charge in [0.25, 0.3) is 5.91 Å². The number of anilines is 1. The number of aryl methyl sites for hydroxylation is 1. The van der Waals surface area contributed by atoms with Crippen LogP contribution in [0.5, 0.6) is 5.75 Å². The van der Waals surface area contributed by atoms with Crippen LogP contribution in [0.1, 0.15) is 36.8 Å². The minimum absolute atomic E-state index is 0.239. The van der Waals surface area contributed by atoms with Crippen LogP contribution in [0, 0.1) is 6.92 Å². The Balaban J connectivity index is 2.21. The summed E-state index contributed by atoms with van der Waals surface area (Å²) in [7, 11) is 0. The Morgan fingerprint density at radius 1 is 1.30 bits per heavy atom. The molecule has 5 heteroatoms. The van der Waals surface area contributed by atoms with Gasteiger partial charge in [-0.15, -0.1) is 0 Å². The van der Waals surface area contributed by atoms with Gasteiger partial charge in [0, 0.05) is 11.8 Å². The lowest BCUT2D eigenvalue weighted by Gasteiger charge is -2.22. The Labute approximate surface area is 118 Å². The molecule has 0 aliphatic heterocycles. The molecule has 0 bridgehead atoms. The maximum Gasteiger partial charge on any atom is 0.260 e. The molecule has 1 aromatic carbocycles. The summed E-state index contributed by atoms with van der Waals surface area (Å²) in [6.07, 6.45) is 0. The largest absolute Gasteiger partial charge is 0.487 e. The maximum absolute atomic E-state index is 12.3. The Morgan fingerprint density at radius 2 is 2.00 bits per heavy atom. The van der Waals surface area contributed by atoms with Crippen molar-refractivity contribution >= 4 is 11.7 Å². The van der Waals surface area contributed by atoms with Gasteiger partial charge < -0.3 is 10.1 Å². The summed E-state index contributed by atoms with van der Waals surface area (Å²) in [6.45, 7) is 7.70. The molecule has 5 nitrogen and oxygen atoms in total. The van der Waals surface area contributed by atoms with Crippen LogP contribution in [0.2, 0.25) is 0 Å². The van der Waals surface area contributed by atoms with Gasteiger partial charge in [-0.25, -0.2) is 0 Å². The first kappa shape index (κ1) is 14.1. The Kier molecular flexibility index (Phi) is 3.79. The highest BCUT2D eigenvalue weighted by atomic mass is 16.5. The average molecular weight is 273 g/mol. The predicted molar refractivity (Wildman–Crippen MR) is 78.1 cm³/mol. The number of hydrogen-bond acceptors (Lipinski definition) is 3. The number of amides is 1. The van der Waals surface area contributed by atoms with Crippen LogP contribution in [-0.4, -0.2) is 21.7 Å². The third-order valence-electron chi connectivity index (χ3n) is 2.50. The topological polar surface area (TPSA) is 67.0 Å². The van der Waals surface area contributed by atoms with Crippen molar-refractivity contribution in [2.24, 2.45) is 0 Å². The molecule has 2 rings (SSSR count). The molecule has 2 N–H and O–H groups in total. The molecule has 0 saturated carbocycles. The number of nitrogens with zero attached hydrogens (tertiary/aromatic N) is 1. The van der Waals surface area contributed by atoms with Crippen molar-refractivity contribution in [2.75, 3.05) is 5.32 Å². The first-order valence-electron chi connectivity index (χ1n) is 6.46. The van der Waals surface area contributed by atoms with Crippen LogP contribution in [0.3, 0.4) is 0 Å². The number of benzene rings is 1. The van der Waals surface area contributed by atoms with Gasteiger partial charge in [0.05, 0.1) is 5.56 Å². The normalized spacial score (nSPS) is 11.2. The molecule has 1 aromatic heterocycles. The van der Waals surface area contributed by atoms with Gasteiger partial charge >= 0.3 is 0 Å². The number of carbonyl (C=O) groups is 1. The minimum atomic E-state index is -0.362. The van der Waals surface area contributed by atoms with Crippen LogP contribution < -0.4 is 10.1 Å². The van der Waals surface area contributed by atoms with E-state index in [9.17, 15) is 4.79 Å². The molecule has 0 aliphatic rings. The van der Waals surface area contributed by atoms with Crippen LogP contribution in [0.4, 0.5) is 5.82 Å². The van der Waals surface area contributed by atoms with Crippen molar-refractivity contribution in [1.82, 2.24) is 10.2 Å². The summed E-state index contributed by atoms with van der Waals surface area (Å²) >= 11 is 0. The van der Waals surface area contributed by atoms with Gasteiger partial charge in [-0.2, -0.15) is 5.10 Å². The Bertz CT molecular complexity index is 612. The number of hydrogen-bond donors (Lipinski definition) is 2. The van der Waals surface area contributed by atoms with Crippen LogP contribution in [-0.2, 0) is 0 Å². The minimum Gasteiger partial charge on any atom is -0.487 e. The summed E-state index contributed by atoms with van der Waals surface area (Å²) in [5.41, 5.74) is 1.02.